The largest absolute Gasteiger partial charge is 0.466 e. The molecule has 1 rings (SSSR count). The Morgan fingerprint density at radius 1 is 0.810 bits per heavy atom. The second kappa shape index (κ2) is 7.39. The molecule has 0 fully saturated rings. The van der Waals surface area contributed by atoms with Crippen molar-refractivity contribution >= 4 is 11.8 Å². The molecular formula is C18H26O3. The Hall–Kier alpha value is -1.64. The first-order valence-electron chi connectivity index (χ1n) is 7.57. The molecular weight excluding hydrogens is 264 g/mol. The van der Waals surface area contributed by atoms with Crippen LogP contribution in [0.25, 0.3) is 0 Å². The fourth-order valence-corrected chi connectivity index (χ4v) is 2.67. The lowest BCUT2D eigenvalue weighted by Crippen LogP contribution is -2.11. The number of carbonyl (C=O) groups is 2. The van der Waals surface area contributed by atoms with Crippen LogP contribution in [-0.2, 0) is 9.53 Å². The smallest absolute Gasteiger partial charge is 0.305 e. The summed E-state index contributed by atoms with van der Waals surface area (Å²) in [6.45, 7) is 12.4. The predicted molar refractivity (Wildman–Crippen MR) is 84.9 cm³/mol. The molecule has 0 spiro atoms. The topological polar surface area (TPSA) is 43.4 Å². The van der Waals surface area contributed by atoms with E-state index in [0.29, 0.717) is 25.9 Å². The number of Topliss-reactive ketones (excluding diaryl/α,β-unsaturated/α-hetero) is 1. The zero-order chi connectivity index (χ0) is 16.2. The number of hydrogen-bond donors (Lipinski definition) is 0. The van der Waals surface area contributed by atoms with Gasteiger partial charge in [-0.1, -0.05) is 0 Å². The summed E-state index contributed by atoms with van der Waals surface area (Å²) < 4.78 is 4.88. The summed E-state index contributed by atoms with van der Waals surface area (Å²) in [7, 11) is 0. The summed E-state index contributed by atoms with van der Waals surface area (Å²) >= 11 is 0. The van der Waals surface area contributed by atoms with Gasteiger partial charge in [-0.05, 0) is 75.8 Å². The maximum absolute atomic E-state index is 12.5. The molecule has 116 valence electrons. The van der Waals surface area contributed by atoms with Crippen molar-refractivity contribution in [3.8, 4) is 0 Å². The summed E-state index contributed by atoms with van der Waals surface area (Å²) in [6.07, 6.45) is 1.24. The molecule has 0 N–H and O–H groups in total. The number of rotatable bonds is 6. The highest BCUT2D eigenvalue weighted by Crippen LogP contribution is 2.27. The van der Waals surface area contributed by atoms with E-state index >= 15 is 0 Å². The van der Waals surface area contributed by atoms with Gasteiger partial charge in [0, 0.05) is 18.4 Å². The van der Waals surface area contributed by atoms with Crippen molar-refractivity contribution in [3.63, 3.8) is 0 Å². The van der Waals surface area contributed by atoms with E-state index in [1.54, 1.807) is 6.92 Å². The lowest BCUT2D eigenvalue weighted by Gasteiger charge is -2.17. The van der Waals surface area contributed by atoms with E-state index in [1.165, 1.54) is 16.7 Å². The number of carbonyl (C=O) groups excluding carboxylic acids is 2. The van der Waals surface area contributed by atoms with Crippen molar-refractivity contribution in [1.29, 1.82) is 0 Å². The number of benzene rings is 1. The average molecular weight is 290 g/mol. The zero-order valence-corrected chi connectivity index (χ0v) is 14.1. The molecule has 0 heterocycles. The average Bonchev–Trinajstić information content (AvgIpc) is 2.43. The van der Waals surface area contributed by atoms with Gasteiger partial charge in [-0.15, -0.1) is 0 Å². The van der Waals surface area contributed by atoms with E-state index in [9.17, 15) is 9.59 Å². The quantitative estimate of drug-likeness (QED) is 0.584. The third-order valence-electron chi connectivity index (χ3n) is 4.37. The van der Waals surface area contributed by atoms with Crippen molar-refractivity contribution in [2.75, 3.05) is 6.61 Å². The van der Waals surface area contributed by atoms with Gasteiger partial charge in [0.25, 0.3) is 0 Å². The Morgan fingerprint density at radius 3 is 1.76 bits per heavy atom. The summed E-state index contributed by atoms with van der Waals surface area (Å²) in [5.74, 6) is -0.101. The lowest BCUT2D eigenvalue weighted by atomic mass is 9.87. The van der Waals surface area contributed by atoms with Crippen LogP contribution in [0.4, 0.5) is 0 Å². The first kappa shape index (κ1) is 17.4. The van der Waals surface area contributed by atoms with Crippen LogP contribution in [0.2, 0.25) is 0 Å². The predicted octanol–water partition coefficient (Wildman–Crippen LogP) is 4.14. The number of ether oxygens (including phenoxy) is 1. The first-order valence-corrected chi connectivity index (χ1v) is 7.57. The SMILES string of the molecule is CCOC(=O)CCCC(=O)c1c(C)c(C)c(C)c(C)c1C. The standard InChI is InChI=1S/C18H26O3/c1-7-21-17(20)10-8-9-16(19)18-14(5)12(3)11(2)13(4)15(18)6/h7-10H2,1-6H3. The minimum Gasteiger partial charge on any atom is -0.466 e. The van der Waals surface area contributed by atoms with Crippen molar-refractivity contribution in [1.82, 2.24) is 0 Å². The Bertz CT molecular complexity index is 527. The van der Waals surface area contributed by atoms with Crippen LogP contribution in [0.5, 0.6) is 0 Å². The van der Waals surface area contributed by atoms with E-state index < -0.39 is 0 Å². The minimum absolute atomic E-state index is 0.125. The molecule has 0 atom stereocenters. The molecule has 0 aliphatic carbocycles. The number of esters is 1. The lowest BCUT2D eigenvalue weighted by molar-refractivity contribution is -0.143. The highest BCUT2D eigenvalue weighted by atomic mass is 16.5. The van der Waals surface area contributed by atoms with Crippen LogP contribution < -0.4 is 0 Å². The number of hydrogen-bond acceptors (Lipinski definition) is 3. The molecule has 1 aromatic carbocycles. The molecule has 1 aromatic rings. The summed E-state index contributed by atoms with van der Waals surface area (Å²) in [5.41, 5.74) is 6.60. The highest BCUT2D eigenvalue weighted by Gasteiger charge is 2.18. The summed E-state index contributed by atoms with van der Waals surface area (Å²) in [6, 6.07) is 0. The van der Waals surface area contributed by atoms with Gasteiger partial charge in [-0.25, -0.2) is 0 Å². The second-order valence-corrected chi connectivity index (χ2v) is 5.58. The van der Waals surface area contributed by atoms with E-state index in [2.05, 4.69) is 20.8 Å². The van der Waals surface area contributed by atoms with Crippen LogP contribution >= 0.6 is 0 Å². The van der Waals surface area contributed by atoms with Gasteiger partial charge in [-0.3, -0.25) is 9.59 Å². The Kier molecular flexibility index (Phi) is 6.13. The van der Waals surface area contributed by atoms with Crippen molar-refractivity contribution in [2.45, 2.75) is 60.8 Å². The third-order valence-corrected chi connectivity index (χ3v) is 4.37. The molecule has 0 saturated heterocycles. The normalized spacial score (nSPS) is 10.6. The van der Waals surface area contributed by atoms with Crippen LogP contribution in [0, 0.1) is 34.6 Å². The van der Waals surface area contributed by atoms with Gasteiger partial charge in [-0.2, -0.15) is 0 Å². The van der Waals surface area contributed by atoms with Crippen molar-refractivity contribution < 1.29 is 14.3 Å². The van der Waals surface area contributed by atoms with Crippen LogP contribution in [0.1, 0.15) is 64.4 Å². The zero-order valence-electron chi connectivity index (χ0n) is 14.1. The molecule has 0 radical (unpaired) electrons. The molecule has 0 saturated carbocycles. The van der Waals surface area contributed by atoms with E-state index in [0.717, 1.165) is 16.7 Å². The molecule has 3 nitrogen and oxygen atoms in total. The fraction of sp³-hybridized carbons (Fsp3) is 0.556. The molecule has 3 heteroatoms. The molecule has 0 unspecified atom stereocenters. The molecule has 0 amide bonds. The first-order chi connectivity index (χ1) is 9.81. The monoisotopic (exact) mass is 290 g/mol. The van der Waals surface area contributed by atoms with Crippen molar-refractivity contribution in [2.24, 2.45) is 0 Å². The Labute approximate surface area is 127 Å². The van der Waals surface area contributed by atoms with E-state index in [-0.39, 0.29) is 11.8 Å². The van der Waals surface area contributed by atoms with Gasteiger partial charge < -0.3 is 4.74 Å². The van der Waals surface area contributed by atoms with Crippen molar-refractivity contribution in [3.05, 3.63) is 33.4 Å². The molecule has 0 aliphatic heterocycles. The maximum Gasteiger partial charge on any atom is 0.305 e. The third kappa shape index (κ3) is 3.93. The van der Waals surface area contributed by atoms with Gasteiger partial charge >= 0.3 is 5.97 Å². The molecule has 0 aliphatic rings. The van der Waals surface area contributed by atoms with Gasteiger partial charge in [0.15, 0.2) is 5.78 Å². The highest BCUT2D eigenvalue weighted by molar-refractivity contribution is 5.99. The van der Waals surface area contributed by atoms with Gasteiger partial charge in [0.05, 0.1) is 6.61 Å². The summed E-state index contributed by atoms with van der Waals surface area (Å²) in [5, 5.41) is 0. The number of ketones is 1. The van der Waals surface area contributed by atoms with Gasteiger partial charge in [0.2, 0.25) is 0 Å². The van der Waals surface area contributed by atoms with Crippen LogP contribution in [0.3, 0.4) is 0 Å². The van der Waals surface area contributed by atoms with E-state index in [4.69, 9.17) is 4.74 Å². The fourth-order valence-electron chi connectivity index (χ4n) is 2.67. The van der Waals surface area contributed by atoms with E-state index in [1.807, 2.05) is 13.8 Å². The van der Waals surface area contributed by atoms with Crippen LogP contribution in [0.15, 0.2) is 0 Å². The van der Waals surface area contributed by atoms with Gasteiger partial charge in [0.1, 0.15) is 0 Å². The molecule has 21 heavy (non-hydrogen) atoms. The second-order valence-electron chi connectivity index (χ2n) is 5.58. The maximum atomic E-state index is 12.5. The van der Waals surface area contributed by atoms with Crippen LogP contribution in [-0.4, -0.2) is 18.4 Å². The Morgan fingerprint density at radius 2 is 1.29 bits per heavy atom. The Balaban J connectivity index is 2.87. The molecule has 0 aromatic heterocycles. The molecule has 0 bridgehead atoms. The summed E-state index contributed by atoms with van der Waals surface area (Å²) in [4.78, 5) is 23.8. The minimum atomic E-state index is -0.227.